The maximum Gasteiger partial charge on any atom is 0.235 e. The van der Waals surface area contributed by atoms with E-state index in [9.17, 15) is 55.2 Å². The fourth-order valence-electron chi connectivity index (χ4n) is 4.76. The number of rotatable bonds is 1. The van der Waals surface area contributed by atoms with Crippen molar-refractivity contribution in [3.63, 3.8) is 0 Å². The van der Waals surface area contributed by atoms with Crippen molar-refractivity contribution in [1.29, 1.82) is 0 Å². The average Bonchev–Trinajstić information content (AvgIpc) is 2.95. The monoisotopic (exact) mass is 586 g/mol. The Hall–Kier alpha value is -6.17. The Kier molecular flexibility index (Phi) is 6.62. The number of phenolic OH excluding ortho intramolecular Hbond substituents is 7. The Morgan fingerprint density at radius 3 is 1.58 bits per heavy atom. The summed E-state index contributed by atoms with van der Waals surface area (Å²) in [5.74, 6) is -5.05. The third kappa shape index (κ3) is 4.47. The molecule has 12 nitrogen and oxygen atoms in total. The first-order chi connectivity index (χ1) is 20.2. The molecular weight excluding hydrogens is 564 g/mol. The lowest BCUT2D eigenvalue weighted by molar-refractivity contribution is 0.0969. The average molecular weight is 587 g/mol. The van der Waals surface area contributed by atoms with Gasteiger partial charge in [-0.3, -0.25) is 14.4 Å². The SMILES string of the molecule is Cc1cc(O)c2c(c1O)C(=O)c1c(O)cc(C)c(O)c1C2=O.O=c1c(O)c(-c2ccc(O)c(O)c2)oc2cc(O)ccc12. The van der Waals surface area contributed by atoms with Crippen LogP contribution in [-0.4, -0.2) is 52.4 Å². The van der Waals surface area contributed by atoms with Crippen LogP contribution in [0.5, 0.6) is 46.0 Å². The first-order valence-corrected chi connectivity index (χ1v) is 12.4. The number of aromatic hydroxyl groups is 8. The smallest absolute Gasteiger partial charge is 0.235 e. The van der Waals surface area contributed by atoms with Gasteiger partial charge in [0.15, 0.2) is 17.3 Å². The molecule has 0 amide bonds. The molecule has 0 unspecified atom stereocenters. The zero-order valence-electron chi connectivity index (χ0n) is 22.3. The second-order valence-corrected chi connectivity index (χ2v) is 9.77. The van der Waals surface area contributed by atoms with Crippen LogP contribution in [0.2, 0.25) is 0 Å². The number of benzene rings is 4. The van der Waals surface area contributed by atoms with Crippen LogP contribution in [0.4, 0.5) is 0 Å². The summed E-state index contributed by atoms with van der Waals surface area (Å²) in [5, 5.41) is 78.4. The summed E-state index contributed by atoms with van der Waals surface area (Å²) in [4.78, 5) is 37.2. The number of carbonyl (C=O) groups is 2. The molecule has 12 heteroatoms. The minimum Gasteiger partial charge on any atom is -0.508 e. The molecule has 1 aliphatic rings. The molecule has 8 N–H and O–H groups in total. The van der Waals surface area contributed by atoms with Crippen LogP contribution < -0.4 is 5.43 Å². The number of ketones is 2. The van der Waals surface area contributed by atoms with E-state index in [4.69, 9.17) is 4.42 Å². The van der Waals surface area contributed by atoms with Gasteiger partial charge in [0.25, 0.3) is 0 Å². The van der Waals surface area contributed by atoms with E-state index in [0.717, 1.165) is 18.2 Å². The molecule has 1 aliphatic carbocycles. The Labute approximate surface area is 240 Å². The van der Waals surface area contributed by atoms with Crippen molar-refractivity contribution in [2.75, 3.05) is 0 Å². The van der Waals surface area contributed by atoms with Crippen molar-refractivity contribution in [2.45, 2.75) is 13.8 Å². The Bertz CT molecular complexity index is 2020. The highest BCUT2D eigenvalue weighted by Crippen LogP contribution is 2.45. The molecule has 218 valence electrons. The molecule has 6 rings (SSSR count). The summed E-state index contributed by atoms with van der Waals surface area (Å²) in [6.45, 7) is 2.93. The summed E-state index contributed by atoms with van der Waals surface area (Å²) in [5.41, 5.74) is -1.39. The van der Waals surface area contributed by atoms with Crippen LogP contribution >= 0.6 is 0 Å². The van der Waals surface area contributed by atoms with E-state index in [1.165, 1.54) is 44.2 Å². The van der Waals surface area contributed by atoms with Crippen molar-refractivity contribution >= 4 is 22.5 Å². The highest BCUT2D eigenvalue weighted by atomic mass is 16.4. The van der Waals surface area contributed by atoms with Gasteiger partial charge in [0.05, 0.1) is 27.6 Å². The molecule has 0 saturated heterocycles. The topological polar surface area (TPSA) is 226 Å². The quantitative estimate of drug-likeness (QED) is 0.100. The van der Waals surface area contributed by atoms with Gasteiger partial charge in [0.1, 0.15) is 34.3 Å². The highest BCUT2D eigenvalue weighted by molar-refractivity contribution is 6.32. The molecule has 0 radical (unpaired) electrons. The van der Waals surface area contributed by atoms with Gasteiger partial charge >= 0.3 is 0 Å². The van der Waals surface area contributed by atoms with Gasteiger partial charge in [0.2, 0.25) is 22.7 Å². The summed E-state index contributed by atoms with van der Waals surface area (Å²) in [6, 6.07) is 9.97. The van der Waals surface area contributed by atoms with Gasteiger partial charge in [-0.25, -0.2) is 0 Å². The van der Waals surface area contributed by atoms with Crippen LogP contribution in [0.25, 0.3) is 22.3 Å². The maximum atomic E-state index is 12.6. The predicted molar refractivity (Wildman–Crippen MR) is 150 cm³/mol. The molecule has 5 aromatic rings. The van der Waals surface area contributed by atoms with Crippen molar-refractivity contribution in [1.82, 2.24) is 0 Å². The molecule has 1 heterocycles. The van der Waals surface area contributed by atoms with Crippen molar-refractivity contribution < 1.29 is 54.9 Å². The molecule has 0 aliphatic heterocycles. The normalized spacial score (nSPS) is 12.0. The first-order valence-electron chi connectivity index (χ1n) is 12.4. The fourth-order valence-corrected chi connectivity index (χ4v) is 4.76. The minimum absolute atomic E-state index is 0.0872. The van der Waals surface area contributed by atoms with Gasteiger partial charge < -0.3 is 45.3 Å². The molecule has 0 atom stereocenters. The Morgan fingerprint density at radius 2 is 1.07 bits per heavy atom. The van der Waals surface area contributed by atoms with Crippen molar-refractivity contribution in [2.24, 2.45) is 0 Å². The van der Waals surface area contributed by atoms with E-state index in [1.807, 2.05) is 0 Å². The van der Waals surface area contributed by atoms with Gasteiger partial charge in [0, 0.05) is 11.6 Å². The predicted octanol–water partition coefficient (Wildman–Crippen LogP) is 4.18. The van der Waals surface area contributed by atoms with Gasteiger partial charge in [-0.1, -0.05) is 0 Å². The lowest BCUT2D eigenvalue weighted by Crippen LogP contribution is -2.22. The standard InChI is InChI=1S/C16H12O6.C15H10O6/c1-5-3-7(17)9-11(13(5)19)15(21)10-8(18)4-6(2)14(20)12(10)16(9)22;16-8-2-3-9-12(6-8)21-15(14(20)13(9)19)7-1-4-10(17)11(18)5-7/h3-4,17-20H,1-2H3;1-6,16-18,20H. The van der Waals surface area contributed by atoms with E-state index in [2.05, 4.69) is 0 Å². The number of aryl methyl sites for hydroxylation is 2. The second-order valence-electron chi connectivity index (χ2n) is 9.77. The second kappa shape index (κ2) is 10.0. The highest BCUT2D eigenvalue weighted by Gasteiger charge is 2.39. The van der Waals surface area contributed by atoms with Crippen LogP contribution in [-0.2, 0) is 0 Å². The molecule has 1 aromatic heterocycles. The van der Waals surface area contributed by atoms with E-state index in [0.29, 0.717) is 0 Å². The lowest BCUT2D eigenvalue weighted by atomic mass is 9.80. The van der Waals surface area contributed by atoms with Crippen molar-refractivity contribution in [3.05, 3.63) is 92.1 Å². The Morgan fingerprint density at radius 1 is 0.535 bits per heavy atom. The third-order valence-electron chi connectivity index (χ3n) is 6.94. The minimum atomic E-state index is -0.825. The zero-order valence-corrected chi connectivity index (χ0v) is 22.3. The van der Waals surface area contributed by atoms with Crippen LogP contribution in [0.15, 0.2) is 57.7 Å². The number of phenols is 7. The number of fused-ring (bicyclic) bond motifs is 3. The lowest BCUT2D eigenvalue weighted by Gasteiger charge is -2.22. The van der Waals surface area contributed by atoms with Gasteiger partial charge in [-0.05, 0) is 67.4 Å². The summed E-state index contributed by atoms with van der Waals surface area (Å²) >= 11 is 0. The zero-order chi connectivity index (χ0) is 31.5. The number of hydrogen-bond donors (Lipinski definition) is 8. The van der Waals surface area contributed by atoms with Gasteiger partial charge in [-0.15, -0.1) is 0 Å². The molecule has 0 fully saturated rings. The van der Waals surface area contributed by atoms with E-state index in [-0.39, 0.29) is 67.2 Å². The third-order valence-corrected chi connectivity index (χ3v) is 6.94. The van der Waals surface area contributed by atoms with E-state index < -0.39 is 51.5 Å². The summed E-state index contributed by atoms with van der Waals surface area (Å²) in [6.07, 6.45) is 0. The molecule has 4 aromatic carbocycles. The molecule has 0 spiro atoms. The summed E-state index contributed by atoms with van der Waals surface area (Å²) in [7, 11) is 0. The first kappa shape index (κ1) is 28.4. The Balaban J connectivity index is 0.000000171. The number of carbonyl (C=O) groups excluding carboxylic acids is 2. The van der Waals surface area contributed by atoms with Crippen LogP contribution in [0, 0.1) is 13.8 Å². The van der Waals surface area contributed by atoms with E-state index in [1.54, 1.807) is 0 Å². The molecular formula is C31H22O12. The van der Waals surface area contributed by atoms with Crippen LogP contribution in [0.3, 0.4) is 0 Å². The summed E-state index contributed by atoms with van der Waals surface area (Å²) < 4.78 is 5.43. The molecule has 43 heavy (non-hydrogen) atoms. The van der Waals surface area contributed by atoms with E-state index >= 15 is 0 Å². The molecule has 0 bridgehead atoms. The van der Waals surface area contributed by atoms with Crippen molar-refractivity contribution in [3.8, 4) is 57.3 Å². The largest absolute Gasteiger partial charge is 0.508 e. The maximum absolute atomic E-state index is 12.6. The van der Waals surface area contributed by atoms with Gasteiger partial charge in [-0.2, -0.15) is 0 Å². The fraction of sp³-hybridized carbons (Fsp3) is 0.0645. The molecule has 0 saturated carbocycles. The van der Waals surface area contributed by atoms with Crippen LogP contribution in [0.1, 0.15) is 43.0 Å². The number of hydrogen-bond acceptors (Lipinski definition) is 12.